The molecule has 2 aromatic carbocycles. The first-order valence-electron chi connectivity index (χ1n) is 5.26. The highest BCUT2D eigenvalue weighted by atomic mass is 14.7. The lowest BCUT2D eigenvalue weighted by Gasteiger charge is -1.97. The zero-order valence-corrected chi connectivity index (χ0v) is 8.77. The minimum absolute atomic E-state index is 0.792. The molecule has 0 unspecified atom stereocenters. The molecule has 0 radical (unpaired) electrons. The van der Waals surface area contributed by atoms with Crippen molar-refractivity contribution < 1.29 is 0 Å². The molecule has 0 aliphatic heterocycles. The normalized spacial score (nSPS) is 10.8. The third kappa shape index (κ3) is 1.44. The Morgan fingerprint density at radius 2 is 1.62 bits per heavy atom. The van der Waals surface area contributed by atoms with Crippen LogP contribution in [0.15, 0.2) is 54.6 Å². The number of benzene rings is 2. The minimum atomic E-state index is 0.792. The predicted octanol–water partition coefficient (Wildman–Crippen LogP) is 3.42. The van der Waals surface area contributed by atoms with Gasteiger partial charge in [-0.1, -0.05) is 30.3 Å². The fourth-order valence-corrected chi connectivity index (χ4v) is 1.89. The standard InChI is InChI=1S/C14H12N2/c15-12-7-5-10(6-8-12)14-9-11-3-1-2-4-13(11)16-14/h1-9,16H,15H2. The summed E-state index contributed by atoms with van der Waals surface area (Å²) in [4.78, 5) is 3.39. The number of hydrogen-bond acceptors (Lipinski definition) is 1. The number of nitrogens with two attached hydrogens (primary N) is 1. The zero-order chi connectivity index (χ0) is 11.0. The molecule has 2 heteroatoms. The molecule has 78 valence electrons. The molecule has 3 aromatic rings. The number of hydrogen-bond donors (Lipinski definition) is 2. The number of anilines is 1. The van der Waals surface area contributed by atoms with Gasteiger partial charge in [0.05, 0.1) is 0 Å². The van der Waals surface area contributed by atoms with Crippen molar-refractivity contribution in [2.75, 3.05) is 5.73 Å². The van der Waals surface area contributed by atoms with Crippen LogP contribution in [0.5, 0.6) is 0 Å². The van der Waals surface area contributed by atoms with Crippen LogP contribution in [0.3, 0.4) is 0 Å². The van der Waals surface area contributed by atoms with E-state index in [2.05, 4.69) is 23.2 Å². The zero-order valence-electron chi connectivity index (χ0n) is 8.77. The van der Waals surface area contributed by atoms with Crippen LogP contribution >= 0.6 is 0 Å². The second-order valence-corrected chi connectivity index (χ2v) is 3.89. The number of fused-ring (bicyclic) bond motifs is 1. The predicted molar refractivity (Wildman–Crippen MR) is 68.1 cm³/mol. The highest BCUT2D eigenvalue weighted by molar-refractivity contribution is 5.85. The monoisotopic (exact) mass is 208 g/mol. The molecule has 0 spiro atoms. The Bertz CT molecular complexity index is 588. The van der Waals surface area contributed by atoms with E-state index in [-0.39, 0.29) is 0 Å². The van der Waals surface area contributed by atoms with Crippen LogP contribution in [0.2, 0.25) is 0 Å². The van der Waals surface area contributed by atoms with Crippen molar-refractivity contribution in [3.63, 3.8) is 0 Å². The van der Waals surface area contributed by atoms with Crippen LogP contribution < -0.4 is 5.73 Å². The molecule has 0 saturated carbocycles. The van der Waals surface area contributed by atoms with E-state index in [0.717, 1.165) is 22.5 Å². The minimum Gasteiger partial charge on any atom is -0.399 e. The van der Waals surface area contributed by atoms with Crippen LogP contribution in [0.4, 0.5) is 5.69 Å². The molecule has 16 heavy (non-hydrogen) atoms. The highest BCUT2D eigenvalue weighted by Gasteiger charge is 2.01. The molecule has 0 bridgehead atoms. The van der Waals surface area contributed by atoms with Crippen LogP contribution in [0, 0.1) is 0 Å². The summed E-state index contributed by atoms with van der Waals surface area (Å²) in [6, 6.07) is 18.3. The molecule has 0 aliphatic rings. The van der Waals surface area contributed by atoms with Gasteiger partial charge in [0.15, 0.2) is 0 Å². The maximum absolute atomic E-state index is 5.67. The van der Waals surface area contributed by atoms with E-state index in [9.17, 15) is 0 Å². The van der Waals surface area contributed by atoms with Crippen molar-refractivity contribution in [3.8, 4) is 11.3 Å². The van der Waals surface area contributed by atoms with Crippen LogP contribution in [0.1, 0.15) is 0 Å². The van der Waals surface area contributed by atoms with E-state index in [1.165, 1.54) is 5.39 Å². The van der Waals surface area contributed by atoms with Crippen LogP contribution in [-0.2, 0) is 0 Å². The topological polar surface area (TPSA) is 41.8 Å². The van der Waals surface area contributed by atoms with Gasteiger partial charge in [0.1, 0.15) is 0 Å². The molecule has 1 heterocycles. The molecule has 1 aromatic heterocycles. The Morgan fingerprint density at radius 1 is 0.875 bits per heavy atom. The van der Waals surface area contributed by atoms with Gasteiger partial charge in [-0.05, 0) is 29.8 Å². The Hall–Kier alpha value is -2.22. The number of aromatic nitrogens is 1. The fraction of sp³-hybridized carbons (Fsp3) is 0. The average molecular weight is 208 g/mol. The highest BCUT2D eigenvalue weighted by Crippen LogP contribution is 2.24. The number of nitrogens with one attached hydrogen (secondary N) is 1. The maximum atomic E-state index is 5.67. The van der Waals surface area contributed by atoms with E-state index in [4.69, 9.17) is 5.73 Å². The third-order valence-corrected chi connectivity index (χ3v) is 2.75. The summed E-state index contributed by atoms with van der Waals surface area (Å²) in [6.07, 6.45) is 0. The molecule has 0 aliphatic carbocycles. The van der Waals surface area contributed by atoms with Crippen molar-refractivity contribution in [1.82, 2.24) is 4.98 Å². The van der Waals surface area contributed by atoms with Gasteiger partial charge in [-0.3, -0.25) is 0 Å². The maximum Gasteiger partial charge on any atom is 0.0464 e. The lowest BCUT2D eigenvalue weighted by molar-refractivity contribution is 1.45. The second-order valence-electron chi connectivity index (χ2n) is 3.89. The lowest BCUT2D eigenvalue weighted by Crippen LogP contribution is -1.83. The number of H-pyrrole nitrogens is 1. The van der Waals surface area contributed by atoms with Crippen molar-refractivity contribution in [2.24, 2.45) is 0 Å². The van der Waals surface area contributed by atoms with Crippen molar-refractivity contribution >= 4 is 16.6 Å². The molecule has 0 atom stereocenters. The van der Waals surface area contributed by atoms with Crippen molar-refractivity contribution in [2.45, 2.75) is 0 Å². The summed E-state index contributed by atoms with van der Waals surface area (Å²) >= 11 is 0. The Balaban J connectivity index is 2.15. The molecular formula is C14H12N2. The van der Waals surface area contributed by atoms with E-state index in [0.29, 0.717) is 0 Å². The summed E-state index contributed by atoms with van der Waals surface area (Å²) in [5.41, 5.74) is 9.91. The van der Waals surface area contributed by atoms with Gasteiger partial charge >= 0.3 is 0 Å². The molecule has 0 fully saturated rings. The van der Waals surface area contributed by atoms with E-state index < -0.39 is 0 Å². The largest absolute Gasteiger partial charge is 0.399 e. The third-order valence-electron chi connectivity index (χ3n) is 2.75. The average Bonchev–Trinajstić information content (AvgIpc) is 2.73. The Labute approximate surface area is 93.7 Å². The summed E-state index contributed by atoms with van der Waals surface area (Å²) in [7, 11) is 0. The van der Waals surface area contributed by atoms with Crippen LogP contribution in [-0.4, -0.2) is 4.98 Å². The summed E-state index contributed by atoms with van der Waals surface area (Å²) in [5, 5.41) is 1.23. The van der Waals surface area contributed by atoms with Crippen molar-refractivity contribution in [3.05, 3.63) is 54.6 Å². The van der Waals surface area contributed by atoms with Gasteiger partial charge in [0.25, 0.3) is 0 Å². The quantitative estimate of drug-likeness (QED) is 0.591. The van der Waals surface area contributed by atoms with Gasteiger partial charge in [-0.15, -0.1) is 0 Å². The molecule has 3 N–H and O–H groups in total. The first kappa shape index (κ1) is 9.04. The first-order chi connectivity index (χ1) is 7.83. The Morgan fingerprint density at radius 3 is 2.38 bits per heavy atom. The lowest BCUT2D eigenvalue weighted by atomic mass is 10.1. The molecule has 3 rings (SSSR count). The van der Waals surface area contributed by atoms with Gasteiger partial charge in [0.2, 0.25) is 0 Å². The van der Waals surface area contributed by atoms with Crippen LogP contribution in [0.25, 0.3) is 22.2 Å². The number of nitrogen functional groups attached to an aromatic ring is 1. The molecular weight excluding hydrogens is 196 g/mol. The van der Waals surface area contributed by atoms with Gasteiger partial charge < -0.3 is 10.7 Å². The fourth-order valence-electron chi connectivity index (χ4n) is 1.89. The van der Waals surface area contributed by atoms with E-state index in [1.807, 2.05) is 36.4 Å². The van der Waals surface area contributed by atoms with Gasteiger partial charge in [-0.25, -0.2) is 0 Å². The SMILES string of the molecule is Nc1ccc(-c2cc3ccccc3[nH]2)cc1. The Kier molecular flexibility index (Phi) is 1.93. The number of aromatic amines is 1. The summed E-state index contributed by atoms with van der Waals surface area (Å²) in [6.45, 7) is 0. The number of para-hydroxylation sites is 1. The van der Waals surface area contributed by atoms with Gasteiger partial charge in [-0.2, -0.15) is 0 Å². The van der Waals surface area contributed by atoms with E-state index >= 15 is 0 Å². The number of rotatable bonds is 1. The second kappa shape index (κ2) is 3.42. The smallest absolute Gasteiger partial charge is 0.0464 e. The summed E-state index contributed by atoms with van der Waals surface area (Å²) < 4.78 is 0. The molecule has 0 amide bonds. The molecule has 2 nitrogen and oxygen atoms in total. The van der Waals surface area contributed by atoms with E-state index in [1.54, 1.807) is 0 Å². The molecule has 0 saturated heterocycles. The first-order valence-corrected chi connectivity index (χ1v) is 5.26. The van der Waals surface area contributed by atoms with Gasteiger partial charge in [0, 0.05) is 22.3 Å². The van der Waals surface area contributed by atoms with Crippen molar-refractivity contribution in [1.29, 1.82) is 0 Å². The summed E-state index contributed by atoms with van der Waals surface area (Å²) in [5.74, 6) is 0.